The highest BCUT2D eigenvalue weighted by molar-refractivity contribution is 9.10. The van der Waals surface area contributed by atoms with E-state index in [1.54, 1.807) is 38.1 Å². The second-order valence-electron chi connectivity index (χ2n) is 6.69. The first-order valence-corrected chi connectivity index (χ1v) is 9.51. The number of aromatic nitrogens is 1. The average Bonchev–Trinajstić information content (AvgIpc) is 2.67. The molecule has 142 valence electrons. The number of morpholine rings is 1. The van der Waals surface area contributed by atoms with Gasteiger partial charge in [-0.1, -0.05) is 28.1 Å². The molecule has 1 aromatic heterocycles. The molecule has 0 bridgehead atoms. The molecule has 0 saturated carbocycles. The van der Waals surface area contributed by atoms with Crippen molar-refractivity contribution in [3.05, 3.63) is 63.4 Å². The molecule has 1 aliphatic rings. The largest absolute Gasteiger partial charge is 0.370 e. The first-order valence-electron chi connectivity index (χ1n) is 8.72. The lowest BCUT2D eigenvalue weighted by Crippen LogP contribution is -2.42. The summed E-state index contributed by atoms with van der Waals surface area (Å²) < 4.78 is 6.86. The molecule has 1 aromatic carbocycles. The minimum atomic E-state index is -0.182. The van der Waals surface area contributed by atoms with Gasteiger partial charge in [-0.15, -0.1) is 0 Å². The van der Waals surface area contributed by atoms with Gasteiger partial charge in [0.15, 0.2) is 0 Å². The van der Waals surface area contributed by atoms with Crippen LogP contribution in [0.2, 0.25) is 0 Å². The minimum absolute atomic E-state index is 0.0886. The van der Waals surface area contributed by atoms with Crippen LogP contribution in [-0.4, -0.2) is 60.4 Å². The molecule has 1 unspecified atom stereocenters. The van der Waals surface area contributed by atoms with E-state index in [4.69, 9.17) is 4.74 Å². The molecule has 3 rings (SSSR count). The summed E-state index contributed by atoms with van der Waals surface area (Å²) in [7, 11) is 3.35. The van der Waals surface area contributed by atoms with Crippen LogP contribution in [0.25, 0.3) is 0 Å². The van der Waals surface area contributed by atoms with Gasteiger partial charge in [-0.05, 0) is 36.8 Å². The molecule has 7 heteroatoms. The summed E-state index contributed by atoms with van der Waals surface area (Å²) in [6.07, 6.45) is -0.154. The fraction of sp³-hybridized carbons (Fsp3) is 0.350. The lowest BCUT2D eigenvalue weighted by Gasteiger charge is -2.33. The highest BCUT2D eigenvalue weighted by atomic mass is 79.9. The van der Waals surface area contributed by atoms with Crippen molar-refractivity contribution >= 4 is 27.7 Å². The van der Waals surface area contributed by atoms with Gasteiger partial charge in [0.05, 0.1) is 24.4 Å². The van der Waals surface area contributed by atoms with Crippen LogP contribution < -0.4 is 0 Å². The third-order valence-corrected chi connectivity index (χ3v) is 5.07. The Hall–Kier alpha value is -2.25. The zero-order valence-electron chi connectivity index (χ0n) is 15.6. The summed E-state index contributed by atoms with van der Waals surface area (Å²) in [5.41, 5.74) is 2.45. The molecule has 1 atom stereocenters. The van der Waals surface area contributed by atoms with Crippen LogP contribution in [0.3, 0.4) is 0 Å². The topological polar surface area (TPSA) is 62.7 Å². The zero-order chi connectivity index (χ0) is 19.6. The van der Waals surface area contributed by atoms with Crippen molar-refractivity contribution in [3.63, 3.8) is 0 Å². The third-order valence-electron chi connectivity index (χ3n) is 4.54. The van der Waals surface area contributed by atoms with Crippen molar-refractivity contribution in [2.45, 2.75) is 13.0 Å². The Labute approximate surface area is 167 Å². The molecule has 2 heterocycles. The third kappa shape index (κ3) is 4.36. The van der Waals surface area contributed by atoms with E-state index >= 15 is 0 Å². The van der Waals surface area contributed by atoms with Crippen molar-refractivity contribution in [2.24, 2.45) is 0 Å². The van der Waals surface area contributed by atoms with Gasteiger partial charge in [0.25, 0.3) is 11.8 Å². The van der Waals surface area contributed by atoms with E-state index in [9.17, 15) is 9.59 Å². The normalized spacial score (nSPS) is 16.9. The van der Waals surface area contributed by atoms with Crippen molar-refractivity contribution < 1.29 is 14.3 Å². The second-order valence-corrected chi connectivity index (χ2v) is 7.61. The molecule has 1 saturated heterocycles. The molecule has 0 radical (unpaired) electrons. The Morgan fingerprint density at radius 1 is 1.19 bits per heavy atom. The number of hydrogen-bond acceptors (Lipinski definition) is 4. The van der Waals surface area contributed by atoms with Crippen LogP contribution in [0.4, 0.5) is 0 Å². The lowest BCUT2D eigenvalue weighted by molar-refractivity contribution is -0.0228. The predicted octanol–water partition coefficient (Wildman–Crippen LogP) is 3.07. The maximum Gasteiger partial charge on any atom is 0.271 e. The number of rotatable bonds is 3. The van der Waals surface area contributed by atoms with Gasteiger partial charge in [0, 0.05) is 25.1 Å². The van der Waals surface area contributed by atoms with Gasteiger partial charge in [-0.2, -0.15) is 0 Å². The van der Waals surface area contributed by atoms with Gasteiger partial charge < -0.3 is 14.5 Å². The highest BCUT2D eigenvalue weighted by Crippen LogP contribution is 2.25. The number of amides is 2. The molecule has 1 fully saturated rings. The maximum atomic E-state index is 13.0. The van der Waals surface area contributed by atoms with Crippen LogP contribution in [0.1, 0.15) is 38.2 Å². The number of pyridine rings is 1. The Bertz CT molecular complexity index is 852. The van der Waals surface area contributed by atoms with E-state index in [-0.39, 0.29) is 17.9 Å². The number of carbonyl (C=O) groups is 2. The summed E-state index contributed by atoms with van der Waals surface area (Å²) in [5, 5.41) is 0. The molecular weight excluding hydrogens is 410 g/mol. The molecule has 1 aliphatic heterocycles. The number of nitrogens with zero attached hydrogens (tertiary/aromatic N) is 3. The Morgan fingerprint density at radius 2 is 1.89 bits per heavy atom. The van der Waals surface area contributed by atoms with Crippen molar-refractivity contribution in [2.75, 3.05) is 33.8 Å². The number of carbonyl (C=O) groups excluding carboxylic acids is 2. The molecule has 0 N–H and O–H groups in total. The first-order chi connectivity index (χ1) is 12.9. The van der Waals surface area contributed by atoms with Crippen LogP contribution in [0, 0.1) is 6.92 Å². The van der Waals surface area contributed by atoms with E-state index in [0.717, 1.165) is 10.0 Å². The molecule has 27 heavy (non-hydrogen) atoms. The Morgan fingerprint density at radius 3 is 2.52 bits per heavy atom. The monoisotopic (exact) mass is 431 g/mol. The fourth-order valence-electron chi connectivity index (χ4n) is 3.02. The first kappa shape index (κ1) is 19.5. The van der Waals surface area contributed by atoms with Gasteiger partial charge >= 0.3 is 0 Å². The van der Waals surface area contributed by atoms with E-state index < -0.39 is 0 Å². The van der Waals surface area contributed by atoms with Gasteiger partial charge in [0.2, 0.25) is 0 Å². The number of halogens is 1. The lowest BCUT2D eigenvalue weighted by atomic mass is 10.1. The molecular formula is C20H22BrN3O3. The van der Waals surface area contributed by atoms with E-state index in [2.05, 4.69) is 20.9 Å². The van der Waals surface area contributed by atoms with Gasteiger partial charge in [-0.25, -0.2) is 4.98 Å². The summed E-state index contributed by atoms with van der Waals surface area (Å²) in [6.45, 7) is 3.25. The quantitative estimate of drug-likeness (QED) is 0.748. The summed E-state index contributed by atoms with van der Waals surface area (Å²) in [6, 6.07) is 11.2. The average molecular weight is 432 g/mol. The SMILES string of the molecule is Cc1nc(C(=O)N(C)C)ccc1C(=O)N1CCOC(c2ccc(Br)cc2)C1. The summed E-state index contributed by atoms with van der Waals surface area (Å²) >= 11 is 3.43. The smallest absolute Gasteiger partial charge is 0.271 e. The number of aryl methyl sites for hydroxylation is 1. The fourth-order valence-corrected chi connectivity index (χ4v) is 3.28. The van der Waals surface area contributed by atoms with Crippen LogP contribution in [-0.2, 0) is 4.74 Å². The van der Waals surface area contributed by atoms with Crippen molar-refractivity contribution in [1.29, 1.82) is 0 Å². The van der Waals surface area contributed by atoms with Crippen molar-refractivity contribution in [1.82, 2.24) is 14.8 Å². The van der Waals surface area contributed by atoms with E-state index in [1.807, 2.05) is 24.3 Å². The van der Waals surface area contributed by atoms with Crippen LogP contribution in [0.5, 0.6) is 0 Å². The van der Waals surface area contributed by atoms with Crippen LogP contribution >= 0.6 is 15.9 Å². The van der Waals surface area contributed by atoms with Crippen molar-refractivity contribution in [3.8, 4) is 0 Å². The van der Waals surface area contributed by atoms with Crippen LogP contribution in [0.15, 0.2) is 40.9 Å². The van der Waals surface area contributed by atoms with E-state index in [1.165, 1.54) is 4.90 Å². The van der Waals surface area contributed by atoms with Gasteiger partial charge in [-0.3, -0.25) is 9.59 Å². The predicted molar refractivity (Wildman–Crippen MR) is 106 cm³/mol. The molecule has 6 nitrogen and oxygen atoms in total. The van der Waals surface area contributed by atoms with E-state index in [0.29, 0.717) is 36.6 Å². The molecule has 0 aliphatic carbocycles. The maximum absolute atomic E-state index is 13.0. The van der Waals surface area contributed by atoms with Gasteiger partial charge in [0.1, 0.15) is 11.8 Å². The minimum Gasteiger partial charge on any atom is -0.370 e. The Balaban J connectivity index is 1.77. The second kappa shape index (κ2) is 8.19. The number of hydrogen-bond donors (Lipinski definition) is 0. The summed E-state index contributed by atoms with van der Waals surface area (Å²) in [4.78, 5) is 32.6. The summed E-state index contributed by atoms with van der Waals surface area (Å²) in [5.74, 6) is -0.270. The zero-order valence-corrected chi connectivity index (χ0v) is 17.2. The molecule has 2 amide bonds. The Kier molecular flexibility index (Phi) is 5.92. The number of ether oxygens (including phenoxy) is 1. The highest BCUT2D eigenvalue weighted by Gasteiger charge is 2.27. The standard InChI is InChI=1S/C20H22BrN3O3/c1-13-16(8-9-17(22-13)20(26)23(2)3)19(25)24-10-11-27-18(12-24)14-4-6-15(21)7-5-14/h4-9,18H,10-12H2,1-3H3. The number of benzene rings is 1. The molecule has 2 aromatic rings. The molecule has 0 spiro atoms.